The average molecular weight is 365 g/mol. The normalized spacial score (nSPS) is 9.78. The minimum Gasteiger partial charge on any atom is -0.493 e. The molecule has 6 heteroatoms. The number of benzene rings is 1. The van der Waals surface area contributed by atoms with E-state index in [-0.39, 0.29) is 5.91 Å². The van der Waals surface area contributed by atoms with Crippen LogP contribution in [0.4, 0.5) is 0 Å². The van der Waals surface area contributed by atoms with Gasteiger partial charge in [0.25, 0.3) is 5.91 Å². The van der Waals surface area contributed by atoms with Gasteiger partial charge in [0.1, 0.15) is 0 Å². The SMILES string of the molecule is COc1cc(C(=O)NCCI)cc(OC)c1OC. The number of carbonyl (C=O) groups excluding carboxylic acids is 1. The maximum absolute atomic E-state index is 11.9. The Morgan fingerprint density at radius 1 is 1.17 bits per heavy atom. The molecule has 0 bridgehead atoms. The fourth-order valence-corrected chi connectivity index (χ4v) is 1.74. The van der Waals surface area contributed by atoms with Crippen LogP contribution in [0.2, 0.25) is 0 Å². The number of halogens is 1. The Morgan fingerprint density at radius 3 is 2.11 bits per heavy atom. The van der Waals surface area contributed by atoms with Gasteiger partial charge in [-0.25, -0.2) is 0 Å². The smallest absolute Gasteiger partial charge is 0.251 e. The van der Waals surface area contributed by atoms with E-state index in [4.69, 9.17) is 14.2 Å². The van der Waals surface area contributed by atoms with Crippen molar-refractivity contribution in [1.82, 2.24) is 5.32 Å². The van der Waals surface area contributed by atoms with Crippen molar-refractivity contribution in [3.63, 3.8) is 0 Å². The van der Waals surface area contributed by atoms with Crippen molar-refractivity contribution >= 4 is 28.5 Å². The van der Waals surface area contributed by atoms with Crippen molar-refractivity contribution in [3.8, 4) is 17.2 Å². The Morgan fingerprint density at radius 2 is 1.72 bits per heavy atom. The molecule has 0 aliphatic heterocycles. The van der Waals surface area contributed by atoms with Gasteiger partial charge in [0.05, 0.1) is 21.3 Å². The fraction of sp³-hybridized carbons (Fsp3) is 0.417. The molecule has 1 N–H and O–H groups in total. The predicted octanol–water partition coefficient (Wildman–Crippen LogP) is 1.88. The first-order chi connectivity index (χ1) is 8.67. The first-order valence-corrected chi connectivity index (χ1v) is 6.84. The lowest BCUT2D eigenvalue weighted by atomic mass is 10.1. The van der Waals surface area contributed by atoms with Gasteiger partial charge in [-0.05, 0) is 12.1 Å². The van der Waals surface area contributed by atoms with Crippen LogP contribution in [-0.4, -0.2) is 38.2 Å². The van der Waals surface area contributed by atoms with E-state index in [9.17, 15) is 4.79 Å². The van der Waals surface area contributed by atoms with Crippen molar-refractivity contribution in [2.24, 2.45) is 0 Å². The summed E-state index contributed by atoms with van der Waals surface area (Å²) in [6.45, 7) is 0.621. The summed E-state index contributed by atoms with van der Waals surface area (Å²) in [7, 11) is 4.56. The molecule has 1 aromatic rings. The van der Waals surface area contributed by atoms with Crippen molar-refractivity contribution in [2.45, 2.75) is 0 Å². The van der Waals surface area contributed by atoms with Gasteiger partial charge in [0.15, 0.2) is 11.5 Å². The third-order valence-corrected chi connectivity index (χ3v) is 2.85. The van der Waals surface area contributed by atoms with E-state index in [0.29, 0.717) is 29.4 Å². The van der Waals surface area contributed by atoms with Crippen LogP contribution in [0.5, 0.6) is 17.2 Å². The van der Waals surface area contributed by atoms with Gasteiger partial charge in [-0.15, -0.1) is 0 Å². The number of hydrogen-bond acceptors (Lipinski definition) is 4. The molecular weight excluding hydrogens is 349 g/mol. The van der Waals surface area contributed by atoms with E-state index in [1.54, 1.807) is 12.1 Å². The number of nitrogens with one attached hydrogen (secondary N) is 1. The molecule has 0 heterocycles. The van der Waals surface area contributed by atoms with E-state index in [1.165, 1.54) is 21.3 Å². The second kappa shape index (κ2) is 7.30. The second-order valence-electron chi connectivity index (χ2n) is 3.36. The lowest BCUT2D eigenvalue weighted by Crippen LogP contribution is -2.25. The van der Waals surface area contributed by atoms with Crippen LogP contribution in [-0.2, 0) is 0 Å². The molecule has 0 fully saturated rings. The molecule has 0 unspecified atom stereocenters. The molecule has 1 amide bonds. The molecular formula is C12H16INO4. The van der Waals surface area contributed by atoms with Crippen LogP contribution in [0, 0.1) is 0 Å². The highest BCUT2D eigenvalue weighted by atomic mass is 127. The Balaban J connectivity index is 3.10. The van der Waals surface area contributed by atoms with E-state index in [2.05, 4.69) is 27.9 Å². The molecule has 1 rings (SSSR count). The molecule has 0 aliphatic carbocycles. The fourth-order valence-electron chi connectivity index (χ4n) is 1.48. The highest BCUT2D eigenvalue weighted by Crippen LogP contribution is 2.38. The maximum atomic E-state index is 11.9. The molecule has 0 aromatic heterocycles. The van der Waals surface area contributed by atoms with Gasteiger partial charge in [-0.2, -0.15) is 0 Å². The van der Waals surface area contributed by atoms with Crippen molar-refractivity contribution < 1.29 is 19.0 Å². The Hall–Kier alpha value is -1.18. The number of alkyl halides is 1. The van der Waals surface area contributed by atoms with Gasteiger partial charge in [-0.1, -0.05) is 22.6 Å². The second-order valence-corrected chi connectivity index (χ2v) is 4.44. The van der Waals surface area contributed by atoms with Gasteiger partial charge in [0.2, 0.25) is 5.75 Å². The quantitative estimate of drug-likeness (QED) is 0.618. The monoisotopic (exact) mass is 365 g/mol. The summed E-state index contributed by atoms with van der Waals surface area (Å²) in [5, 5.41) is 2.79. The zero-order valence-electron chi connectivity index (χ0n) is 10.6. The van der Waals surface area contributed by atoms with Crippen molar-refractivity contribution in [2.75, 3.05) is 32.3 Å². The number of methoxy groups -OCH3 is 3. The Labute approximate surface area is 120 Å². The lowest BCUT2D eigenvalue weighted by molar-refractivity contribution is 0.0955. The lowest BCUT2D eigenvalue weighted by Gasteiger charge is -2.13. The number of rotatable bonds is 6. The van der Waals surface area contributed by atoms with Gasteiger partial charge < -0.3 is 19.5 Å². The molecule has 0 saturated heterocycles. The van der Waals surface area contributed by atoms with Gasteiger partial charge in [-0.3, -0.25) is 4.79 Å². The minimum atomic E-state index is -0.161. The van der Waals surface area contributed by atoms with Gasteiger partial charge >= 0.3 is 0 Å². The van der Waals surface area contributed by atoms with E-state index in [0.717, 1.165) is 4.43 Å². The molecule has 1 aromatic carbocycles. The summed E-state index contributed by atoms with van der Waals surface area (Å²) in [6.07, 6.45) is 0. The summed E-state index contributed by atoms with van der Waals surface area (Å²) < 4.78 is 16.4. The van der Waals surface area contributed by atoms with E-state index < -0.39 is 0 Å². The van der Waals surface area contributed by atoms with Crippen LogP contribution in [0.15, 0.2) is 12.1 Å². The predicted molar refractivity (Wildman–Crippen MR) is 77.3 cm³/mol. The Kier molecular flexibility index (Phi) is 6.03. The molecule has 100 valence electrons. The number of ether oxygens (including phenoxy) is 3. The van der Waals surface area contributed by atoms with Crippen LogP contribution in [0.3, 0.4) is 0 Å². The topological polar surface area (TPSA) is 56.8 Å². The molecule has 0 spiro atoms. The first-order valence-electron chi connectivity index (χ1n) is 5.32. The average Bonchev–Trinajstić information content (AvgIpc) is 2.42. The van der Waals surface area contributed by atoms with Crippen molar-refractivity contribution in [1.29, 1.82) is 0 Å². The summed E-state index contributed by atoms with van der Waals surface area (Å²) in [5.74, 6) is 1.25. The summed E-state index contributed by atoms with van der Waals surface area (Å²) in [4.78, 5) is 11.9. The molecule has 0 atom stereocenters. The van der Waals surface area contributed by atoms with Crippen LogP contribution < -0.4 is 19.5 Å². The molecule has 5 nitrogen and oxygen atoms in total. The van der Waals surface area contributed by atoms with E-state index >= 15 is 0 Å². The highest BCUT2D eigenvalue weighted by molar-refractivity contribution is 14.1. The molecule has 0 radical (unpaired) electrons. The Bertz CT molecular complexity index is 398. The summed E-state index contributed by atoms with van der Waals surface area (Å²) >= 11 is 2.20. The highest BCUT2D eigenvalue weighted by Gasteiger charge is 2.16. The number of carbonyl (C=O) groups is 1. The third kappa shape index (κ3) is 3.41. The third-order valence-electron chi connectivity index (χ3n) is 2.31. The zero-order chi connectivity index (χ0) is 13.5. The van der Waals surface area contributed by atoms with Crippen LogP contribution in [0.1, 0.15) is 10.4 Å². The van der Waals surface area contributed by atoms with Crippen LogP contribution >= 0.6 is 22.6 Å². The summed E-state index contributed by atoms with van der Waals surface area (Å²) in [6, 6.07) is 3.26. The maximum Gasteiger partial charge on any atom is 0.251 e. The molecule has 0 saturated carbocycles. The van der Waals surface area contributed by atoms with Gasteiger partial charge in [0, 0.05) is 16.5 Å². The molecule has 18 heavy (non-hydrogen) atoms. The van der Waals surface area contributed by atoms with Crippen molar-refractivity contribution in [3.05, 3.63) is 17.7 Å². The standard InChI is InChI=1S/C12H16INO4/c1-16-9-6-8(12(15)14-5-4-13)7-10(17-2)11(9)18-3/h6-7H,4-5H2,1-3H3,(H,14,15). The molecule has 0 aliphatic rings. The zero-order valence-corrected chi connectivity index (χ0v) is 12.7. The van der Waals surface area contributed by atoms with Crippen LogP contribution in [0.25, 0.3) is 0 Å². The first kappa shape index (κ1) is 14.9. The number of amides is 1. The summed E-state index contributed by atoms with van der Waals surface area (Å²) in [5.41, 5.74) is 0.481. The minimum absolute atomic E-state index is 0.161. The van der Waals surface area contributed by atoms with E-state index in [1.807, 2.05) is 0 Å². The largest absolute Gasteiger partial charge is 0.493 e. The number of hydrogen-bond donors (Lipinski definition) is 1.